The first-order chi connectivity index (χ1) is 9.56. The van der Waals surface area contributed by atoms with Crippen LogP contribution >= 0.6 is 11.3 Å². The van der Waals surface area contributed by atoms with Gasteiger partial charge in [0, 0.05) is 6.07 Å². The largest absolute Gasteiger partial charge is 0.318 e. The van der Waals surface area contributed by atoms with E-state index in [1.165, 1.54) is 15.9 Å². The molecule has 0 radical (unpaired) electrons. The van der Waals surface area contributed by atoms with E-state index in [0.29, 0.717) is 16.7 Å². The standard InChI is InChI=1S/C12H8F2N4OS/c1-6-10(18-12(16-6)20-5-15-18)11(19)17-9-3-2-7(13)4-8(9)14/h2-5H,1H3,(H,17,19). The number of benzene rings is 1. The first-order valence-corrected chi connectivity index (χ1v) is 6.49. The summed E-state index contributed by atoms with van der Waals surface area (Å²) in [6.45, 7) is 1.66. The van der Waals surface area contributed by atoms with Gasteiger partial charge in [0.1, 0.15) is 17.1 Å². The quantitative estimate of drug-likeness (QED) is 0.790. The molecule has 1 aromatic carbocycles. The lowest BCUT2D eigenvalue weighted by Gasteiger charge is -2.06. The zero-order chi connectivity index (χ0) is 14.3. The van der Waals surface area contributed by atoms with Crippen molar-refractivity contribution in [1.82, 2.24) is 14.6 Å². The average Bonchev–Trinajstić information content (AvgIpc) is 2.92. The molecule has 0 aliphatic rings. The van der Waals surface area contributed by atoms with E-state index < -0.39 is 17.5 Å². The second-order valence-corrected chi connectivity index (χ2v) is 4.87. The minimum absolute atomic E-state index is 0.0963. The van der Waals surface area contributed by atoms with Gasteiger partial charge in [0.2, 0.25) is 4.96 Å². The van der Waals surface area contributed by atoms with E-state index in [1.54, 1.807) is 12.4 Å². The van der Waals surface area contributed by atoms with Crippen molar-refractivity contribution in [2.75, 3.05) is 5.32 Å². The molecule has 0 aliphatic heterocycles. The number of hydrogen-bond acceptors (Lipinski definition) is 4. The second-order valence-electron chi connectivity index (χ2n) is 4.06. The van der Waals surface area contributed by atoms with Gasteiger partial charge in [-0.2, -0.15) is 9.61 Å². The summed E-state index contributed by atoms with van der Waals surface area (Å²) in [7, 11) is 0. The van der Waals surface area contributed by atoms with Crippen LogP contribution in [0, 0.1) is 18.6 Å². The van der Waals surface area contributed by atoms with E-state index in [1.807, 2.05) is 0 Å². The molecule has 5 nitrogen and oxygen atoms in total. The lowest BCUT2D eigenvalue weighted by atomic mass is 10.2. The summed E-state index contributed by atoms with van der Waals surface area (Å²) in [5, 5.41) is 6.38. The molecule has 0 fully saturated rings. The van der Waals surface area contributed by atoms with Crippen molar-refractivity contribution in [3.8, 4) is 0 Å². The molecule has 3 rings (SSSR count). The van der Waals surface area contributed by atoms with Gasteiger partial charge in [-0.1, -0.05) is 11.3 Å². The van der Waals surface area contributed by atoms with Crippen LogP contribution in [0.25, 0.3) is 4.96 Å². The molecule has 0 saturated heterocycles. The van der Waals surface area contributed by atoms with Crippen molar-refractivity contribution in [3.63, 3.8) is 0 Å². The molecule has 0 bridgehead atoms. The molecule has 2 aromatic heterocycles. The number of halogens is 2. The van der Waals surface area contributed by atoms with Gasteiger partial charge >= 0.3 is 0 Å². The lowest BCUT2D eigenvalue weighted by molar-refractivity contribution is 0.101. The van der Waals surface area contributed by atoms with E-state index in [9.17, 15) is 13.6 Å². The highest BCUT2D eigenvalue weighted by Gasteiger charge is 2.19. The maximum absolute atomic E-state index is 13.5. The normalized spacial score (nSPS) is 10.9. The summed E-state index contributed by atoms with van der Waals surface area (Å²) in [4.78, 5) is 16.9. The van der Waals surface area contributed by atoms with E-state index in [4.69, 9.17) is 0 Å². The number of fused-ring (bicyclic) bond motifs is 1. The highest BCUT2D eigenvalue weighted by molar-refractivity contribution is 7.14. The summed E-state index contributed by atoms with van der Waals surface area (Å²) in [6.07, 6.45) is 0. The maximum Gasteiger partial charge on any atom is 0.276 e. The maximum atomic E-state index is 13.5. The fourth-order valence-corrected chi connectivity index (χ4v) is 2.49. The Hall–Kier alpha value is -2.35. The molecule has 102 valence electrons. The van der Waals surface area contributed by atoms with Crippen LogP contribution in [0.1, 0.15) is 16.2 Å². The molecule has 3 aromatic rings. The van der Waals surface area contributed by atoms with Crippen LogP contribution in [0.3, 0.4) is 0 Å². The SMILES string of the molecule is Cc1nc2scnn2c1C(=O)Nc1ccc(F)cc1F. The fourth-order valence-electron chi connectivity index (χ4n) is 1.83. The van der Waals surface area contributed by atoms with Crippen molar-refractivity contribution in [2.45, 2.75) is 6.92 Å². The van der Waals surface area contributed by atoms with Gasteiger partial charge in [0.25, 0.3) is 5.91 Å². The number of carbonyl (C=O) groups excluding carboxylic acids is 1. The predicted octanol–water partition coefficient (Wildman–Crippen LogP) is 2.63. The third-order valence-corrected chi connectivity index (χ3v) is 3.39. The number of carbonyl (C=O) groups is 1. The smallest absolute Gasteiger partial charge is 0.276 e. The van der Waals surface area contributed by atoms with Gasteiger partial charge in [-0.15, -0.1) is 0 Å². The average molecular weight is 294 g/mol. The number of amides is 1. The van der Waals surface area contributed by atoms with Crippen molar-refractivity contribution in [3.05, 3.63) is 46.7 Å². The van der Waals surface area contributed by atoms with Crippen molar-refractivity contribution < 1.29 is 13.6 Å². The molecule has 1 amide bonds. The third-order valence-electron chi connectivity index (χ3n) is 2.71. The molecule has 20 heavy (non-hydrogen) atoms. The van der Waals surface area contributed by atoms with Gasteiger partial charge in [0.15, 0.2) is 5.69 Å². The summed E-state index contributed by atoms with van der Waals surface area (Å²) in [5.41, 5.74) is 2.17. The lowest BCUT2D eigenvalue weighted by Crippen LogP contribution is -2.16. The molecule has 0 saturated carbocycles. The predicted molar refractivity (Wildman–Crippen MR) is 69.9 cm³/mol. The Bertz CT molecular complexity index is 811. The Kier molecular flexibility index (Phi) is 2.94. The van der Waals surface area contributed by atoms with Crippen molar-refractivity contribution in [2.24, 2.45) is 0 Å². The van der Waals surface area contributed by atoms with Gasteiger partial charge in [-0.3, -0.25) is 4.79 Å². The number of imidazole rings is 1. The number of hydrogen-bond donors (Lipinski definition) is 1. The van der Waals surface area contributed by atoms with Crippen LogP contribution in [0.15, 0.2) is 23.7 Å². The zero-order valence-electron chi connectivity index (χ0n) is 10.2. The third kappa shape index (κ3) is 2.03. The molecular weight excluding hydrogens is 286 g/mol. The van der Waals surface area contributed by atoms with Crippen LogP contribution in [0.4, 0.5) is 14.5 Å². The van der Waals surface area contributed by atoms with Gasteiger partial charge in [-0.05, 0) is 19.1 Å². The molecule has 0 spiro atoms. The van der Waals surface area contributed by atoms with Crippen LogP contribution in [-0.4, -0.2) is 20.5 Å². The van der Waals surface area contributed by atoms with Crippen molar-refractivity contribution >= 4 is 27.9 Å². The minimum atomic E-state index is -0.838. The molecule has 0 atom stereocenters. The molecule has 1 N–H and O–H groups in total. The first kappa shape index (κ1) is 12.7. The number of nitrogens with one attached hydrogen (secondary N) is 1. The van der Waals surface area contributed by atoms with Crippen LogP contribution in [0.5, 0.6) is 0 Å². The number of aromatic nitrogens is 3. The summed E-state index contributed by atoms with van der Waals surface area (Å²) in [5.74, 6) is -2.09. The number of rotatable bonds is 2. The molecule has 0 aliphatic carbocycles. The highest BCUT2D eigenvalue weighted by Crippen LogP contribution is 2.19. The Morgan fingerprint density at radius 2 is 2.20 bits per heavy atom. The summed E-state index contributed by atoms with van der Waals surface area (Å²) in [6, 6.07) is 2.94. The van der Waals surface area contributed by atoms with E-state index in [-0.39, 0.29) is 11.4 Å². The van der Waals surface area contributed by atoms with Crippen LogP contribution in [-0.2, 0) is 0 Å². The van der Waals surface area contributed by atoms with Gasteiger partial charge in [0.05, 0.1) is 11.4 Å². The Morgan fingerprint density at radius 3 is 2.95 bits per heavy atom. The Balaban J connectivity index is 1.97. The summed E-state index contributed by atoms with van der Waals surface area (Å²) < 4.78 is 27.7. The summed E-state index contributed by atoms with van der Waals surface area (Å²) >= 11 is 1.29. The van der Waals surface area contributed by atoms with Crippen LogP contribution < -0.4 is 5.32 Å². The number of anilines is 1. The highest BCUT2D eigenvalue weighted by atomic mass is 32.1. The molecular formula is C12H8F2N4OS. The minimum Gasteiger partial charge on any atom is -0.318 e. The second kappa shape index (κ2) is 4.64. The van der Waals surface area contributed by atoms with E-state index in [0.717, 1.165) is 12.1 Å². The Morgan fingerprint density at radius 1 is 1.40 bits per heavy atom. The molecule has 0 unspecified atom stereocenters. The molecule has 2 heterocycles. The number of nitrogens with zero attached hydrogens (tertiary/aromatic N) is 3. The van der Waals surface area contributed by atoms with Gasteiger partial charge < -0.3 is 5.32 Å². The first-order valence-electron chi connectivity index (χ1n) is 5.61. The molecule has 8 heteroatoms. The monoisotopic (exact) mass is 294 g/mol. The zero-order valence-corrected chi connectivity index (χ0v) is 11.0. The van der Waals surface area contributed by atoms with Crippen LogP contribution in [0.2, 0.25) is 0 Å². The van der Waals surface area contributed by atoms with Crippen molar-refractivity contribution in [1.29, 1.82) is 0 Å². The van der Waals surface area contributed by atoms with E-state index >= 15 is 0 Å². The van der Waals surface area contributed by atoms with Gasteiger partial charge in [-0.25, -0.2) is 13.8 Å². The fraction of sp³-hybridized carbons (Fsp3) is 0.0833. The Labute approximate surface area is 115 Å². The topological polar surface area (TPSA) is 59.3 Å². The van der Waals surface area contributed by atoms with E-state index in [2.05, 4.69) is 15.4 Å². The number of aryl methyl sites for hydroxylation is 1.